The molecule has 1 aliphatic rings. The summed E-state index contributed by atoms with van der Waals surface area (Å²) >= 11 is 6.00. The summed E-state index contributed by atoms with van der Waals surface area (Å²) in [5.41, 5.74) is 1.62. The van der Waals surface area contributed by atoms with Crippen molar-refractivity contribution in [3.05, 3.63) is 58.6 Å². The van der Waals surface area contributed by atoms with Crippen LogP contribution in [0.1, 0.15) is 51.8 Å². The fourth-order valence-electron chi connectivity index (χ4n) is 3.58. The average molecular weight is 506 g/mol. The number of fused-ring (bicyclic) bond motifs is 1. The Bertz CT molecular complexity index is 1030. The predicted octanol–water partition coefficient (Wildman–Crippen LogP) is 3.96. The Labute approximate surface area is 210 Å². The van der Waals surface area contributed by atoms with E-state index in [1.54, 1.807) is 58.0 Å². The van der Waals surface area contributed by atoms with Crippen LogP contribution in [-0.4, -0.2) is 47.6 Å². The Morgan fingerprint density at radius 2 is 1.60 bits per heavy atom. The summed E-state index contributed by atoms with van der Waals surface area (Å²) in [5, 5.41) is 14.3. The van der Waals surface area contributed by atoms with Crippen molar-refractivity contribution in [1.29, 1.82) is 0 Å². The van der Waals surface area contributed by atoms with Crippen LogP contribution >= 0.6 is 11.6 Å². The van der Waals surface area contributed by atoms with Gasteiger partial charge in [0.15, 0.2) is 11.5 Å². The molecule has 9 heteroatoms. The summed E-state index contributed by atoms with van der Waals surface area (Å²) in [5.74, 6) is -3.80. The van der Waals surface area contributed by atoms with Crippen molar-refractivity contribution in [2.24, 2.45) is 0 Å². The van der Waals surface area contributed by atoms with Crippen LogP contribution in [0.5, 0.6) is 11.5 Å². The number of ether oxygens (including phenoxy) is 4. The molecule has 190 valence electrons. The number of carbonyl (C=O) groups excluding carboxylic acids is 2. The molecule has 1 aliphatic heterocycles. The highest BCUT2D eigenvalue weighted by Crippen LogP contribution is 2.41. The molecule has 0 radical (unpaired) electrons. The molecule has 0 spiro atoms. The standard InChI is InChI=1S/C26H32ClNO7/c1-15(2)32-24(30)26(25(31)33-16(3)4)34-22-10-9-18(12-23(22)35-26)11-17(5)28-14-21(29)19-7-6-8-20(27)13-19/h6-10,12-13,15-17,21,28-29H,11,14H2,1-5H3/t17-,21+/m1/s1. The van der Waals surface area contributed by atoms with Crippen molar-refractivity contribution in [1.82, 2.24) is 5.32 Å². The normalized spacial score (nSPS) is 15.7. The number of rotatable bonds is 10. The monoisotopic (exact) mass is 505 g/mol. The summed E-state index contributed by atoms with van der Waals surface area (Å²) in [7, 11) is 0. The molecule has 0 bridgehead atoms. The SMILES string of the molecule is CC(C)OC(=O)C1(C(=O)OC(C)C)Oc2ccc(C[C@@H](C)NC[C@H](O)c3cccc(Cl)c3)cc2O1. The Kier molecular flexibility index (Phi) is 8.64. The molecule has 0 saturated carbocycles. The first-order valence-corrected chi connectivity index (χ1v) is 12.0. The Hall–Kier alpha value is -2.81. The highest BCUT2D eigenvalue weighted by molar-refractivity contribution is 6.30. The van der Waals surface area contributed by atoms with E-state index in [-0.39, 0.29) is 17.5 Å². The maximum atomic E-state index is 12.8. The molecule has 0 aromatic heterocycles. The van der Waals surface area contributed by atoms with Crippen LogP contribution in [0, 0.1) is 0 Å². The zero-order chi connectivity index (χ0) is 25.8. The number of hydrogen-bond acceptors (Lipinski definition) is 8. The van der Waals surface area contributed by atoms with Crippen LogP contribution in [0.15, 0.2) is 42.5 Å². The number of halogens is 1. The summed E-state index contributed by atoms with van der Waals surface area (Å²) in [6, 6.07) is 12.3. The molecule has 2 aromatic carbocycles. The van der Waals surface area contributed by atoms with Gasteiger partial charge in [-0.3, -0.25) is 0 Å². The lowest BCUT2D eigenvalue weighted by atomic mass is 10.1. The topological polar surface area (TPSA) is 103 Å². The number of hydrogen-bond donors (Lipinski definition) is 2. The highest BCUT2D eigenvalue weighted by atomic mass is 35.5. The predicted molar refractivity (Wildman–Crippen MR) is 130 cm³/mol. The molecule has 35 heavy (non-hydrogen) atoms. The number of esters is 2. The van der Waals surface area contributed by atoms with Gasteiger partial charge in [-0.1, -0.05) is 29.8 Å². The van der Waals surface area contributed by atoms with Crippen LogP contribution < -0.4 is 14.8 Å². The summed E-state index contributed by atoms with van der Waals surface area (Å²) in [6.45, 7) is 8.99. The van der Waals surface area contributed by atoms with Crippen LogP contribution in [0.3, 0.4) is 0 Å². The van der Waals surface area contributed by atoms with Crippen molar-refractivity contribution in [3.8, 4) is 11.5 Å². The van der Waals surface area contributed by atoms with Crippen molar-refractivity contribution < 1.29 is 33.6 Å². The minimum Gasteiger partial charge on any atom is -0.457 e. The van der Waals surface area contributed by atoms with E-state index >= 15 is 0 Å². The van der Waals surface area contributed by atoms with Gasteiger partial charge < -0.3 is 29.4 Å². The van der Waals surface area contributed by atoms with E-state index in [0.717, 1.165) is 11.1 Å². The molecule has 3 rings (SSSR count). The molecule has 8 nitrogen and oxygen atoms in total. The van der Waals surface area contributed by atoms with Gasteiger partial charge in [0.1, 0.15) is 0 Å². The van der Waals surface area contributed by atoms with E-state index in [1.165, 1.54) is 0 Å². The largest absolute Gasteiger partial charge is 0.457 e. The van der Waals surface area contributed by atoms with E-state index < -0.39 is 36.0 Å². The van der Waals surface area contributed by atoms with Crippen molar-refractivity contribution in [3.63, 3.8) is 0 Å². The highest BCUT2D eigenvalue weighted by Gasteiger charge is 2.60. The second-order valence-corrected chi connectivity index (χ2v) is 9.53. The zero-order valence-electron chi connectivity index (χ0n) is 20.5. The second kappa shape index (κ2) is 11.3. The third kappa shape index (κ3) is 6.66. The molecular formula is C26H32ClNO7. The van der Waals surface area contributed by atoms with Gasteiger partial charge in [-0.2, -0.15) is 0 Å². The molecule has 0 fully saturated rings. The van der Waals surface area contributed by atoms with Gasteiger partial charge in [0.05, 0.1) is 18.3 Å². The van der Waals surface area contributed by atoms with Gasteiger partial charge >= 0.3 is 17.7 Å². The van der Waals surface area contributed by atoms with Crippen molar-refractivity contribution in [2.45, 2.75) is 71.2 Å². The first kappa shape index (κ1) is 26.8. The first-order valence-electron chi connectivity index (χ1n) is 11.6. The van der Waals surface area contributed by atoms with Gasteiger partial charge in [-0.25, -0.2) is 9.59 Å². The number of aliphatic hydroxyl groups is 1. The molecule has 2 N–H and O–H groups in total. The van der Waals surface area contributed by atoms with E-state index in [1.807, 2.05) is 19.1 Å². The molecule has 0 aliphatic carbocycles. The Morgan fingerprint density at radius 1 is 0.971 bits per heavy atom. The molecule has 0 saturated heterocycles. The smallest absolute Gasteiger partial charge is 0.453 e. The first-order chi connectivity index (χ1) is 16.5. The Morgan fingerprint density at radius 3 is 2.20 bits per heavy atom. The lowest BCUT2D eigenvalue weighted by molar-refractivity contribution is -0.207. The molecule has 0 unspecified atom stereocenters. The Balaban J connectivity index is 1.68. The maximum Gasteiger partial charge on any atom is 0.453 e. The zero-order valence-corrected chi connectivity index (χ0v) is 21.3. The molecular weight excluding hydrogens is 474 g/mol. The minimum atomic E-state index is -2.35. The van der Waals surface area contributed by atoms with Gasteiger partial charge in [-0.05, 0) is 76.4 Å². The lowest BCUT2D eigenvalue weighted by Gasteiger charge is -2.25. The van der Waals surface area contributed by atoms with E-state index in [0.29, 0.717) is 18.0 Å². The third-order valence-electron chi connectivity index (χ3n) is 5.17. The number of nitrogens with one attached hydrogen (secondary N) is 1. The van der Waals surface area contributed by atoms with Crippen LogP contribution in [0.2, 0.25) is 5.02 Å². The minimum absolute atomic E-state index is 0.00535. The molecule has 2 aromatic rings. The molecule has 1 heterocycles. The van der Waals surface area contributed by atoms with E-state index in [9.17, 15) is 14.7 Å². The van der Waals surface area contributed by atoms with Crippen molar-refractivity contribution >= 4 is 23.5 Å². The number of carbonyl (C=O) groups is 2. The molecule has 0 amide bonds. The van der Waals surface area contributed by atoms with Gasteiger partial charge in [-0.15, -0.1) is 0 Å². The summed E-state index contributed by atoms with van der Waals surface area (Å²) in [6.07, 6.45) is -1.06. The van der Waals surface area contributed by atoms with Crippen LogP contribution in [0.4, 0.5) is 0 Å². The van der Waals surface area contributed by atoms with Gasteiger partial charge in [0.25, 0.3) is 0 Å². The fraction of sp³-hybridized carbons (Fsp3) is 0.462. The third-order valence-corrected chi connectivity index (χ3v) is 5.41. The van der Waals surface area contributed by atoms with Gasteiger partial charge in [0.2, 0.25) is 0 Å². The molecule has 2 atom stereocenters. The van der Waals surface area contributed by atoms with Crippen LogP contribution in [-0.2, 0) is 25.5 Å². The van der Waals surface area contributed by atoms with E-state index in [4.69, 9.17) is 30.5 Å². The maximum absolute atomic E-state index is 12.8. The summed E-state index contributed by atoms with van der Waals surface area (Å²) < 4.78 is 21.9. The number of aliphatic hydroxyl groups excluding tert-OH is 1. The summed E-state index contributed by atoms with van der Waals surface area (Å²) in [4.78, 5) is 25.6. The van der Waals surface area contributed by atoms with Crippen LogP contribution in [0.25, 0.3) is 0 Å². The second-order valence-electron chi connectivity index (χ2n) is 9.09. The number of benzene rings is 2. The van der Waals surface area contributed by atoms with Crippen molar-refractivity contribution in [2.75, 3.05) is 6.54 Å². The lowest BCUT2D eigenvalue weighted by Crippen LogP contribution is -2.56. The van der Waals surface area contributed by atoms with E-state index in [2.05, 4.69) is 5.32 Å². The van der Waals surface area contributed by atoms with Gasteiger partial charge in [0, 0.05) is 17.6 Å². The fourth-order valence-corrected chi connectivity index (χ4v) is 3.78. The average Bonchev–Trinajstić information content (AvgIpc) is 3.17. The quantitative estimate of drug-likeness (QED) is 0.369.